The van der Waals surface area contributed by atoms with E-state index in [9.17, 15) is 14.9 Å². The molecule has 2 saturated carbocycles. The quantitative estimate of drug-likeness (QED) is 0.632. The van der Waals surface area contributed by atoms with Crippen molar-refractivity contribution < 1.29 is 14.5 Å². The van der Waals surface area contributed by atoms with Crippen LogP contribution in [0.3, 0.4) is 0 Å². The Kier molecular flexibility index (Phi) is 5.53. The van der Waals surface area contributed by atoms with Gasteiger partial charge in [0.05, 0.1) is 4.92 Å². The number of rotatable bonds is 4. The van der Waals surface area contributed by atoms with Crippen LogP contribution >= 0.6 is 0 Å². The van der Waals surface area contributed by atoms with Crippen LogP contribution in [0.5, 0.6) is 5.75 Å². The first-order chi connectivity index (χ1) is 13.5. The van der Waals surface area contributed by atoms with E-state index in [4.69, 9.17) is 10.5 Å². The van der Waals surface area contributed by atoms with Gasteiger partial charge in [0.25, 0.3) is 5.69 Å². The van der Waals surface area contributed by atoms with E-state index < -0.39 is 4.92 Å². The molecule has 7 nitrogen and oxygen atoms in total. The summed E-state index contributed by atoms with van der Waals surface area (Å²) in [7, 11) is 0. The molecular weight excluding hydrogens is 358 g/mol. The molecule has 0 radical (unpaired) electrons. The van der Waals surface area contributed by atoms with Crippen LogP contribution in [0.2, 0.25) is 0 Å². The van der Waals surface area contributed by atoms with Gasteiger partial charge in [-0.05, 0) is 49.7 Å². The smallest absolute Gasteiger partial charge is 0.269 e. The standard InChI is InChI=1S/C21H29N3O4/c22-20-14-2-1-3-15(20)13-16(12-14)21(25)23-10-8-19(9-11-23)28-18-6-4-17(5-7-18)24(26)27/h4-7,14-16,19-20H,1-3,8-13,22H2. The molecule has 1 aliphatic heterocycles. The van der Waals surface area contributed by atoms with E-state index in [0.717, 1.165) is 25.7 Å². The van der Waals surface area contributed by atoms with Crippen LogP contribution in [0, 0.1) is 27.9 Å². The number of carbonyl (C=O) groups is 1. The van der Waals surface area contributed by atoms with Gasteiger partial charge < -0.3 is 15.4 Å². The van der Waals surface area contributed by atoms with Crippen LogP contribution in [0.4, 0.5) is 5.69 Å². The lowest BCUT2D eigenvalue weighted by molar-refractivity contribution is -0.384. The summed E-state index contributed by atoms with van der Waals surface area (Å²) in [5.74, 6) is 2.12. The maximum absolute atomic E-state index is 13.0. The number of carbonyl (C=O) groups excluding carboxylic acids is 1. The number of non-ortho nitro benzene ring substituents is 1. The molecule has 2 atom stereocenters. The normalized spacial score (nSPS) is 30.7. The van der Waals surface area contributed by atoms with Crippen LogP contribution < -0.4 is 10.5 Å². The van der Waals surface area contributed by atoms with Crippen molar-refractivity contribution in [3.63, 3.8) is 0 Å². The summed E-state index contributed by atoms with van der Waals surface area (Å²) in [6.07, 6.45) is 7.15. The molecule has 3 fully saturated rings. The Balaban J connectivity index is 1.28. The summed E-state index contributed by atoms with van der Waals surface area (Å²) in [5, 5.41) is 10.7. The number of nitro groups is 1. The number of likely N-dealkylation sites (tertiary alicyclic amines) is 1. The monoisotopic (exact) mass is 387 g/mol. The first-order valence-electron chi connectivity index (χ1n) is 10.5. The summed E-state index contributed by atoms with van der Waals surface area (Å²) < 4.78 is 5.96. The maximum atomic E-state index is 13.0. The number of hydrogen-bond acceptors (Lipinski definition) is 5. The van der Waals surface area contributed by atoms with Gasteiger partial charge >= 0.3 is 0 Å². The van der Waals surface area contributed by atoms with E-state index in [2.05, 4.69) is 0 Å². The van der Waals surface area contributed by atoms with Gasteiger partial charge in [0.2, 0.25) is 5.91 Å². The first-order valence-corrected chi connectivity index (χ1v) is 10.5. The number of nitrogens with two attached hydrogens (primary N) is 1. The van der Waals surface area contributed by atoms with E-state index in [1.807, 2.05) is 4.90 Å². The predicted octanol–water partition coefficient (Wildman–Crippen LogP) is 3.12. The van der Waals surface area contributed by atoms with E-state index in [0.29, 0.717) is 42.6 Å². The summed E-state index contributed by atoms with van der Waals surface area (Å²) >= 11 is 0. The molecule has 0 aromatic heterocycles. The highest BCUT2D eigenvalue weighted by Crippen LogP contribution is 2.42. The van der Waals surface area contributed by atoms with Gasteiger partial charge in [-0.2, -0.15) is 0 Å². The van der Waals surface area contributed by atoms with Crippen LogP contribution in [-0.4, -0.2) is 41.0 Å². The summed E-state index contributed by atoms with van der Waals surface area (Å²) in [6.45, 7) is 1.43. The van der Waals surface area contributed by atoms with Crippen molar-refractivity contribution in [2.75, 3.05) is 13.1 Å². The molecular formula is C21H29N3O4. The second-order valence-corrected chi connectivity index (χ2v) is 8.59. The van der Waals surface area contributed by atoms with Gasteiger partial charge in [-0.1, -0.05) is 6.42 Å². The molecule has 152 valence electrons. The molecule has 1 aromatic rings. The molecule has 3 aliphatic rings. The molecule has 0 spiro atoms. The Morgan fingerprint density at radius 2 is 1.68 bits per heavy atom. The minimum Gasteiger partial charge on any atom is -0.490 e. The average Bonchev–Trinajstić information content (AvgIpc) is 2.68. The predicted molar refractivity (Wildman–Crippen MR) is 105 cm³/mol. The van der Waals surface area contributed by atoms with Crippen molar-refractivity contribution in [1.29, 1.82) is 0 Å². The zero-order chi connectivity index (χ0) is 19.7. The maximum Gasteiger partial charge on any atom is 0.269 e. The first kappa shape index (κ1) is 19.2. The zero-order valence-corrected chi connectivity index (χ0v) is 16.2. The lowest BCUT2D eigenvalue weighted by Crippen LogP contribution is -2.51. The lowest BCUT2D eigenvalue weighted by atomic mass is 9.65. The van der Waals surface area contributed by atoms with Gasteiger partial charge in [0, 0.05) is 50.0 Å². The summed E-state index contributed by atoms with van der Waals surface area (Å²) in [5.41, 5.74) is 6.42. The number of hydrogen-bond donors (Lipinski definition) is 1. The molecule has 2 aliphatic carbocycles. The highest BCUT2D eigenvalue weighted by Gasteiger charge is 2.42. The third-order valence-electron chi connectivity index (χ3n) is 6.87. The largest absolute Gasteiger partial charge is 0.490 e. The Labute approximate surface area is 165 Å². The number of amides is 1. The SMILES string of the molecule is NC1C2CCCC1CC(C(=O)N1CCC(Oc3ccc([N+](=O)[O-])cc3)CC1)C2. The van der Waals surface area contributed by atoms with E-state index in [1.165, 1.54) is 31.4 Å². The number of nitrogens with zero attached hydrogens (tertiary/aromatic N) is 2. The van der Waals surface area contributed by atoms with Gasteiger partial charge in [-0.3, -0.25) is 14.9 Å². The summed E-state index contributed by atoms with van der Waals surface area (Å²) in [6, 6.07) is 6.48. The Morgan fingerprint density at radius 3 is 2.25 bits per heavy atom. The van der Waals surface area contributed by atoms with Crippen LogP contribution in [0.15, 0.2) is 24.3 Å². The molecule has 2 bridgehead atoms. The van der Waals surface area contributed by atoms with Crippen molar-refractivity contribution in [2.45, 2.75) is 57.1 Å². The highest BCUT2D eigenvalue weighted by molar-refractivity contribution is 5.79. The Morgan fingerprint density at radius 1 is 1.07 bits per heavy atom. The number of ether oxygens (including phenoxy) is 1. The lowest BCUT2D eigenvalue weighted by Gasteiger charge is -2.45. The molecule has 1 amide bonds. The Hall–Kier alpha value is -2.15. The number of fused-ring (bicyclic) bond motifs is 2. The second-order valence-electron chi connectivity index (χ2n) is 8.59. The molecule has 1 aromatic carbocycles. The fourth-order valence-electron chi connectivity index (χ4n) is 5.28. The average molecular weight is 387 g/mol. The van der Waals surface area contributed by atoms with E-state index in [1.54, 1.807) is 12.1 Å². The van der Waals surface area contributed by atoms with Crippen molar-refractivity contribution in [3.05, 3.63) is 34.4 Å². The fourth-order valence-corrected chi connectivity index (χ4v) is 5.28. The minimum absolute atomic E-state index is 0.0460. The third-order valence-corrected chi connectivity index (χ3v) is 6.87. The van der Waals surface area contributed by atoms with Gasteiger partial charge in [0.1, 0.15) is 11.9 Å². The third kappa shape index (κ3) is 3.99. The van der Waals surface area contributed by atoms with Gasteiger partial charge in [-0.25, -0.2) is 0 Å². The van der Waals surface area contributed by atoms with Gasteiger partial charge in [0.15, 0.2) is 0 Å². The topological polar surface area (TPSA) is 98.7 Å². The molecule has 7 heteroatoms. The van der Waals surface area contributed by atoms with Crippen molar-refractivity contribution in [2.24, 2.45) is 23.5 Å². The number of nitro benzene ring substituents is 1. The summed E-state index contributed by atoms with van der Waals surface area (Å²) in [4.78, 5) is 25.4. The molecule has 28 heavy (non-hydrogen) atoms. The minimum atomic E-state index is -0.416. The molecule has 2 unspecified atom stereocenters. The highest BCUT2D eigenvalue weighted by atomic mass is 16.6. The fraction of sp³-hybridized carbons (Fsp3) is 0.667. The van der Waals surface area contributed by atoms with Crippen molar-refractivity contribution >= 4 is 11.6 Å². The molecule has 1 heterocycles. The zero-order valence-electron chi connectivity index (χ0n) is 16.2. The van der Waals surface area contributed by atoms with Crippen LogP contribution in [0.1, 0.15) is 44.9 Å². The Bertz CT molecular complexity index is 701. The van der Waals surface area contributed by atoms with Crippen molar-refractivity contribution in [1.82, 2.24) is 4.90 Å². The van der Waals surface area contributed by atoms with Crippen molar-refractivity contribution in [3.8, 4) is 5.75 Å². The molecule has 2 N–H and O–H groups in total. The van der Waals surface area contributed by atoms with Gasteiger partial charge in [-0.15, -0.1) is 0 Å². The van der Waals surface area contributed by atoms with E-state index >= 15 is 0 Å². The van der Waals surface area contributed by atoms with Crippen LogP contribution in [0.25, 0.3) is 0 Å². The molecule has 1 saturated heterocycles. The number of benzene rings is 1. The van der Waals surface area contributed by atoms with Crippen LogP contribution in [-0.2, 0) is 4.79 Å². The second kappa shape index (κ2) is 8.07. The number of piperidine rings is 1. The molecule has 4 rings (SSSR count). The van der Waals surface area contributed by atoms with E-state index in [-0.39, 0.29) is 17.7 Å².